The smallest absolute Gasteiger partial charge is 0.346 e. The number of nitrogens with two attached hydrogens (primary N) is 1. The van der Waals surface area contributed by atoms with Gasteiger partial charge in [0, 0.05) is 36.2 Å². The zero-order valence-corrected chi connectivity index (χ0v) is 15.5. The van der Waals surface area contributed by atoms with Gasteiger partial charge in [-0.05, 0) is 18.2 Å². The van der Waals surface area contributed by atoms with Crippen LogP contribution < -0.4 is 21.1 Å². The largest absolute Gasteiger partial charge is 0.492 e. The van der Waals surface area contributed by atoms with Crippen molar-refractivity contribution >= 4 is 33.3 Å². The van der Waals surface area contributed by atoms with Gasteiger partial charge in [0.25, 0.3) is 0 Å². The molecule has 0 aliphatic carbocycles. The number of nitrogens with zero attached hydrogens (tertiary/aromatic N) is 3. The Bertz CT molecular complexity index is 908. The van der Waals surface area contributed by atoms with E-state index in [0.717, 1.165) is 15.8 Å². The molecule has 0 saturated carbocycles. The van der Waals surface area contributed by atoms with Gasteiger partial charge in [0.05, 0.1) is 11.9 Å². The fraction of sp³-hybridized carbons (Fsp3) is 0.353. The normalized spacial score (nSPS) is 19.2. The molecule has 0 spiro atoms. The SMILES string of the molecule is Nc1[nH]c(=O)ncc1N1CCN(C(=O)[C@H]2COc3ccc(Br)cc32)CC1. The molecule has 4 rings (SSSR count). The van der Waals surface area contributed by atoms with E-state index in [0.29, 0.717) is 44.3 Å². The van der Waals surface area contributed by atoms with E-state index in [9.17, 15) is 9.59 Å². The number of nitrogens with one attached hydrogen (secondary N) is 1. The summed E-state index contributed by atoms with van der Waals surface area (Å²) in [6.45, 7) is 2.79. The highest BCUT2D eigenvalue weighted by Crippen LogP contribution is 2.37. The lowest BCUT2D eigenvalue weighted by atomic mass is 9.99. The highest BCUT2D eigenvalue weighted by atomic mass is 79.9. The van der Waals surface area contributed by atoms with E-state index in [2.05, 4.69) is 25.9 Å². The minimum absolute atomic E-state index is 0.0778. The predicted molar refractivity (Wildman–Crippen MR) is 100 cm³/mol. The third-order valence-electron chi connectivity index (χ3n) is 4.80. The third-order valence-corrected chi connectivity index (χ3v) is 5.30. The monoisotopic (exact) mass is 419 g/mol. The highest BCUT2D eigenvalue weighted by molar-refractivity contribution is 9.10. The summed E-state index contributed by atoms with van der Waals surface area (Å²) >= 11 is 3.45. The van der Waals surface area contributed by atoms with Crippen molar-refractivity contribution in [2.45, 2.75) is 5.92 Å². The van der Waals surface area contributed by atoms with E-state index in [1.165, 1.54) is 6.20 Å². The van der Waals surface area contributed by atoms with Crippen LogP contribution in [0.25, 0.3) is 0 Å². The van der Waals surface area contributed by atoms with Crippen molar-refractivity contribution in [1.82, 2.24) is 14.9 Å². The number of amides is 1. The molecule has 2 aromatic rings. The molecule has 8 nitrogen and oxygen atoms in total. The van der Waals surface area contributed by atoms with Crippen LogP contribution in [0, 0.1) is 0 Å². The Morgan fingerprint density at radius 1 is 1.31 bits per heavy atom. The molecule has 0 radical (unpaired) electrons. The fourth-order valence-electron chi connectivity index (χ4n) is 3.43. The Morgan fingerprint density at radius 3 is 2.81 bits per heavy atom. The molecular formula is C17H18BrN5O3. The molecule has 136 valence electrons. The maximum absolute atomic E-state index is 13.0. The number of halogens is 1. The first-order chi connectivity index (χ1) is 12.5. The maximum Gasteiger partial charge on any atom is 0.346 e. The molecule has 9 heteroatoms. The average molecular weight is 420 g/mol. The maximum atomic E-state index is 13.0. The zero-order chi connectivity index (χ0) is 18.3. The number of aromatic amines is 1. The lowest BCUT2D eigenvalue weighted by Gasteiger charge is -2.37. The van der Waals surface area contributed by atoms with Crippen molar-refractivity contribution in [3.8, 4) is 5.75 Å². The summed E-state index contributed by atoms with van der Waals surface area (Å²) in [6.07, 6.45) is 1.48. The number of hydrogen-bond donors (Lipinski definition) is 2. The molecule has 0 bridgehead atoms. The standard InChI is InChI=1S/C17H18BrN5O3/c18-10-1-2-14-11(7-10)12(9-26-14)16(24)23-5-3-22(4-6-23)13-8-20-17(25)21-15(13)19/h1-2,7-8,12H,3-6,9H2,(H3,19,20,21,25)/t12-/m0/s1. The van der Waals surface area contributed by atoms with E-state index in [1.54, 1.807) is 0 Å². The van der Waals surface area contributed by atoms with Crippen molar-refractivity contribution in [1.29, 1.82) is 0 Å². The first-order valence-electron chi connectivity index (χ1n) is 8.33. The summed E-state index contributed by atoms with van der Waals surface area (Å²) in [6, 6.07) is 5.75. The van der Waals surface area contributed by atoms with E-state index < -0.39 is 5.69 Å². The molecule has 3 heterocycles. The number of aromatic nitrogens is 2. The van der Waals surface area contributed by atoms with E-state index >= 15 is 0 Å². The summed E-state index contributed by atoms with van der Waals surface area (Å²) in [5.41, 5.74) is 7.03. The number of H-pyrrole nitrogens is 1. The zero-order valence-electron chi connectivity index (χ0n) is 13.9. The number of ether oxygens (including phenoxy) is 1. The van der Waals surface area contributed by atoms with Crippen molar-refractivity contribution < 1.29 is 9.53 Å². The number of fused-ring (bicyclic) bond motifs is 1. The average Bonchev–Trinajstić information content (AvgIpc) is 3.04. The molecule has 3 N–H and O–H groups in total. The van der Waals surface area contributed by atoms with Gasteiger partial charge in [0.1, 0.15) is 24.1 Å². The van der Waals surface area contributed by atoms with Crippen LogP contribution in [-0.2, 0) is 4.79 Å². The molecule has 2 aliphatic rings. The van der Waals surface area contributed by atoms with Crippen LogP contribution >= 0.6 is 15.9 Å². The van der Waals surface area contributed by atoms with Crippen LogP contribution in [0.3, 0.4) is 0 Å². The molecule has 1 fully saturated rings. The third kappa shape index (κ3) is 3.03. The Labute approximate surface area is 158 Å². The lowest BCUT2D eigenvalue weighted by Crippen LogP contribution is -2.50. The topological polar surface area (TPSA) is 105 Å². The van der Waals surface area contributed by atoms with Gasteiger partial charge in [-0.1, -0.05) is 15.9 Å². The minimum atomic E-state index is -0.467. The van der Waals surface area contributed by atoms with Gasteiger partial charge in [0.15, 0.2) is 0 Å². The Hall–Kier alpha value is -2.55. The second-order valence-electron chi connectivity index (χ2n) is 6.35. The van der Waals surface area contributed by atoms with Gasteiger partial charge < -0.3 is 20.3 Å². The number of piperazine rings is 1. The second kappa shape index (κ2) is 6.64. The predicted octanol–water partition coefficient (Wildman–Crippen LogP) is 0.939. The van der Waals surface area contributed by atoms with Gasteiger partial charge in [-0.15, -0.1) is 0 Å². The van der Waals surface area contributed by atoms with Crippen LogP contribution in [0.5, 0.6) is 5.75 Å². The van der Waals surface area contributed by atoms with E-state index in [4.69, 9.17) is 10.5 Å². The van der Waals surface area contributed by atoms with Crippen LogP contribution in [0.15, 0.2) is 33.7 Å². The van der Waals surface area contributed by atoms with Crippen molar-refractivity contribution in [2.24, 2.45) is 0 Å². The van der Waals surface area contributed by atoms with Gasteiger partial charge in [-0.3, -0.25) is 9.78 Å². The van der Waals surface area contributed by atoms with Crippen LogP contribution in [-0.4, -0.2) is 53.6 Å². The van der Waals surface area contributed by atoms with Gasteiger partial charge in [-0.25, -0.2) is 4.79 Å². The number of anilines is 2. The molecule has 1 atom stereocenters. The van der Waals surface area contributed by atoms with Gasteiger partial charge in [-0.2, -0.15) is 4.98 Å². The Balaban J connectivity index is 1.45. The fourth-order valence-corrected chi connectivity index (χ4v) is 3.81. The lowest BCUT2D eigenvalue weighted by molar-refractivity contribution is -0.133. The molecule has 1 aromatic carbocycles. The van der Waals surface area contributed by atoms with E-state index in [1.807, 2.05) is 28.0 Å². The van der Waals surface area contributed by atoms with Crippen molar-refractivity contribution in [3.05, 3.63) is 44.9 Å². The minimum Gasteiger partial charge on any atom is -0.492 e. The van der Waals surface area contributed by atoms with Crippen molar-refractivity contribution in [2.75, 3.05) is 43.4 Å². The Morgan fingerprint density at radius 2 is 2.08 bits per heavy atom. The molecule has 1 amide bonds. The first kappa shape index (κ1) is 16.9. The van der Waals surface area contributed by atoms with Gasteiger partial charge in [0.2, 0.25) is 5.91 Å². The van der Waals surface area contributed by atoms with E-state index in [-0.39, 0.29) is 11.8 Å². The summed E-state index contributed by atoms with van der Waals surface area (Å²) in [7, 11) is 0. The Kier molecular flexibility index (Phi) is 4.31. The quantitative estimate of drug-likeness (QED) is 0.750. The molecule has 2 aliphatic heterocycles. The second-order valence-corrected chi connectivity index (χ2v) is 7.26. The molecule has 1 aromatic heterocycles. The number of hydrogen-bond acceptors (Lipinski definition) is 6. The van der Waals surface area contributed by atoms with Gasteiger partial charge >= 0.3 is 5.69 Å². The number of benzene rings is 1. The summed E-state index contributed by atoms with van der Waals surface area (Å²) in [4.78, 5) is 34.3. The van der Waals surface area contributed by atoms with Crippen LogP contribution in [0.2, 0.25) is 0 Å². The summed E-state index contributed by atoms with van der Waals surface area (Å²) in [5, 5.41) is 0. The molecule has 1 saturated heterocycles. The van der Waals surface area contributed by atoms with Crippen LogP contribution in [0.4, 0.5) is 11.5 Å². The molecule has 0 unspecified atom stereocenters. The number of rotatable bonds is 2. The van der Waals surface area contributed by atoms with Crippen molar-refractivity contribution in [3.63, 3.8) is 0 Å². The molecule has 26 heavy (non-hydrogen) atoms. The summed E-state index contributed by atoms with van der Waals surface area (Å²) < 4.78 is 6.59. The number of carbonyl (C=O) groups excluding carboxylic acids is 1. The highest BCUT2D eigenvalue weighted by Gasteiger charge is 2.35. The van der Waals surface area contributed by atoms with Crippen LogP contribution in [0.1, 0.15) is 11.5 Å². The number of nitrogen functional groups attached to an aromatic ring is 1. The molecular weight excluding hydrogens is 402 g/mol. The first-order valence-corrected chi connectivity index (χ1v) is 9.13. The number of carbonyl (C=O) groups is 1. The summed E-state index contributed by atoms with van der Waals surface area (Å²) in [5.74, 6) is 0.882.